The topological polar surface area (TPSA) is 49.6 Å². The van der Waals surface area contributed by atoms with Crippen molar-refractivity contribution in [2.24, 2.45) is 0 Å². The quantitative estimate of drug-likeness (QED) is 0.876. The Morgan fingerprint density at radius 1 is 1.20 bits per heavy atom. The lowest BCUT2D eigenvalue weighted by molar-refractivity contribution is 0.0768. The molecule has 0 radical (unpaired) electrons. The van der Waals surface area contributed by atoms with Gasteiger partial charge in [0.2, 0.25) is 0 Å². The maximum absolute atomic E-state index is 12.7. The van der Waals surface area contributed by atoms with E-state index in [0.29, 0.717) is 10.6 Å². The first-order valence-corrected chi connectivity index (χ1v) is 7.73. The zero-order valence-electron chi connectivity index (χ0n) is 11.6. The van der Waals surface area contributed by atoms with Crippen molar-refractivity contribution in [2.75, 3.05) is 39.0 Å². The minimum Gasteiger partial charge on any atom is -0.397 e. The van der Waals surface area contributed by atoms with Crippen LogP contribution >= 0.6 is 11.3 Å². The monoisotopic (exact) mass is 289 g/mol. The van der Waals surface area contributed by atoms with Crippen molar-refractivity contribution in [3.8, 4) is 0 Å². The Balaban J connectivity index is 1.90. The van der Waals surface area contributed by atoms with Crippen molar-refractivity contribution in [1.82, 2.24) is 9.80 Å². The number of hydrogen-bond donors (Lipinski definition) is 1. The summed E-state index contributed by atoms with van der Waals surface area (Å²) in [5, 5.41) is 0.993. The number of anilines is 1. The number of nitrogens with two attached hydrogens (primary N) is 1. The average Bonchev–Trinajstić information content (AvgIpc) is 2.64. The van der Waals surface area contributed by atoms with Gasteiger partial charge < -0.3 is 15.5 Å². The zero-order valence-corrected chi connectivity index (χ0v) is 12.4. The standard InChI is InChI=1S/C15H19N3OS/c1-17-7-4-8-18(10-9-17)15(19)14-13(16)11-5-2-3-6-12(11)20-14/h2-3,5-6H,4,7-10,16H2,1H3. The Kier molecular flexibility index (Phi) is 3.63. The van der Waals surface area contributed by atoms with E-state index in [-0.39, 0.29) is 5.91 Å². The number of carbonyl (C=O) groups excluding carboxylic acids is 1. The molecule has 1 aliphatic heterocycles. The van der Waals surface area contributed by atoms with Crippen LogP contribution in [0.2, 0.25) is 0 Å². The van der Waals surface area contributed by atoms with Crippen LogP contribution in [0.25, 0.3) is 10.1 Å². The highest BCUT2D eigenvalue weighted by atomic mass is 32.1. The summed E-state index contributed by atoms with van der Waals surface area (Å²) in [7, 11) is 2.10. The number of amides is 1. The molecule has 3 rings (SSSR count). The molecular formula is C15H19N3OS. The Morgan fingerprint density at radius 3 is 2.80 bits per heavy atom. The molecule has 0 atom stereocenters. The van der Waals surface area contributed by atoms with Crippen LogP contribution in [0.1, 0.15) is 16.1 Å². The summed E-state index contributed by atoms with van der Waals surface area (Å²) in [5.41, 5.74) is 6.80. The predicted molar refractivity (Wildman–Crippen MR) is 84.3 cm³/mol. The van der Waals surface area contributed by atoms with E-state index in [1.807, 2.05) is 29.2 Å². The summed E-state index contributed by atoms with van der Waals surface area (Å²) in [6, 6.07) is 7.94. The van der Waals surface area contributed by atoms with Crippen LogP contribution in [0.5, 0.6) is 0 Å². The minimum absolute atomic E-state index is 0.0824. The first-order valence-electron chi connectivity index (χ1n) is 6.91. The minimum atomic E-state index is 0.0824. The summed E-state index contributed by atoms with van der Waals surface area (Å²) >= 11 is 1.50. The van der Waals surface area contributed by atoms with Crippen molar-refractivity contribution in [3.63, 3.8) is 0 Å². The molecule has 0 aliphatic carbocycles. The first kappa shape index (κ1) is 13.4. The average molecular weight is 289 g/mol. The number of hydrogen-bond acceptors (Lipinski definition) is 4. The Labute approximate surface area is 122 Å². The van der Waals surface area contributed by atoms with E-state index in [9.17, 15) is 4.79 Å². The third-order valence-electron chi connectivity index (χ3n) is 3.83. The van der Waals surface area contributed by atoms with E-state index < -0.39 is 0 Å². The number of thiophene rings is 1. The molecule has 0 unspecified atom stereocenters. The van der Waals surface area contributed by atoms with Gasteiger partial charge in [-0.3, -0.25) is 4.79 Å². The van der Waals surface area contributed by atoms with Crippen molar-refractivity contribution < 1.29 is 4.79 Å². The summed E-state index contributed by atoms with van der Waals surface area (Å²) in [5.74, 6) is 0.0824. The van der Waals surface area contributed by atoms with Gasteiger partial charge in [-0.2, -0.15) is 0 Å². The maximum atomic E-state index is 12.7. The van der Waals surface area contributed by atoms with Crippen LogP contribution in [-0.4, -0.2) is 48.9 Å². The maximum Gasteiger partial charge on any atom is 0.266 e. The first-order chi connectivity index (χ1) is 9.66. The lowest BCUT2D eigenvalue weighted by Gasteiger charge is -2.20. The van der Waals surface area contributed by atoms with E-state index >= 15 is 0 Å². The molecule has 1 fully saturated rings. The van der Waals surface area contributed by atoms with Gasteiger partial charge in [-0.1, -0.05) is 18.2 Å². The van der Waals surface area contributed by atoms with Crippen molar-refractivity contribution in [3.05, 3.63) is 29.1 Å². The molecule has 106 valence electrons. The van der Waals surface area contributed by atoms with Crippen LogP contribution in [0.3, 0.4) is 0 Å². The summed E-state index contributed by atoms with van der Waals surface area (Å²) in [4.78, 5) is 17.6. The van der Waals surface area contributed by atoms with Gasteiger partial charge in [0.15, 0.2) is 0 Å². The van der Waals surface area contributed by atoms with E-state index in [1.54, 1.807) is 0 Å². The number of fused-ring (bicyclic) bond motifs is 1. The Hall–Kier alpha value is -1.59. The fourth-order valence-corrected chi connectivity index (χ4v) is 3.71. The predicted octanol–water partition coefficient (Wildman–Crippen LogP) is 2.26. The number of nitrogen functional groups attached to an aromatic ring is 1. The number of carbonyl (C=O) groups is 1. The van der Waals surface area contributed by atoms with Gasteiger partial charge in [0, 0.05) is 29.7 Å². The lowest BCUT2D eigenvalue weighted by Crippen LogP contribution is -2.34. The van der Waals surface area contributed by atoms with E-state index in [0.717, 1.165) is 42.7 Å². The van der Waals surface area contributed by atoms with Crippen LogP contribution in [0, 0.1) is 0 Å². The molecule has 4 nitrogen and oxygen atoms in total. The second kappa shape index (κ2) is 5.42. The van der Waals surface area contributed by atoms with Gasteiger partial charge in [-0.25, -0.2) is 0 Å². The third-order valence-corrected chi connectivity index (χ3v) is 5.01. The van der Waals surface area contributed by atoms with Crippen molar-refractivity contribution >= 4 is 33.0 Å². The van der Waals surface area contributed by atoms with E-state index in [4.69, 9.17) is 5.73 Å². The van der Waals surface area contributed by atoms with E-state index in [2.05, 4.69) is 11.9 Å². The van der Waals surface area contributed by atoms with Gasteiger partial charge in [0.05, 0.1) is 5.69 Å². The number of rotatable bonds is 1. The van der Waals surface area contributed by atoms with Crippen molar-refractivity contribution in [2.45, 2.75) is 6.42 Å². The smallest absolute Gasteiger partial charge is 0.266 e. The molecule has 20 heavy (non-hydrogen) atoms. The molecule has 1 aliphatic rings. The molecule has 2 aromatic rings. The van der Waals surface area contributed by atoms with Gasteiger partial charge in [-0.05, 0) is 26.1 Å². The molecule has 1 amide bonds. The highest BCUT2D eigenvalue weighted by Gasteiger charge is 2.23. The Bertz CT molecular complexity index is 637. The molecule has 5 heteroatoms. The summed E-state index contributed by atoms with van der Waals surface area (Å²) in [6.45, 7) is 3.57. The van der Waals surface area contributed by atoms with E-state index in [1.165, 1.54) is 11.3 Å². The largest absolute Gasteiger partial charge is 0.397 e. The zero-order chi connectivity index (χ0) is 14.1. The SMILES string of the molecule is CN1CCCN(C(=O)c2sc3ccccc3c2N)CC1. The van der Waals surface area contributed by atoms with Gasteiger partial charge in [-0.15, -0.1) is 11.3 Å². The highest BCUT2D eigenvalue weighted by Crippen LogP contribution is 2.34. The Morgan fingerprint density at radius 2 is 2.00 bits per heavy atom. The molecule has 2 heterocycles. The fourth-order valence-electron chi connectivity index (χ4n) is 2.62. The number of benzene rings is 1. The van der Waals surface area contributed by atoms with Gasteiger partial charge in [0.25, 0.3) is 5.91 Å². The molecule has 0 bridgehead atoms. The second-order valence-electron chi connectivity index (χ2n) is 5.29. The van der Waals surface area contributed by atoms with Crippen LogP contribution in [0.4, 0.5) is 5.69 Å². The molecule has 1 aromatic heterocycles. The molecule has 1 aromatic carbocycles. The summed E-state index contributed by atoms with van der Waals surface area (Å²) < 4.78 is 1.08. The fraction of sp³-hybridized carbons (Fsp3) is 0.400. The normalized spacial score (nSPS) is 17.4. The number of likely N-dealkylation sites (N-methyl/N-ethyl adjacent to an activating group) is 1. The lowest BCUT2D eigenvalue weighted by atomic mass is 10.2. The number of nitrogens with zero attached hydrogens (tertiary/aromatic N) is 2. The van der Waals surface area contributed by atoms with Gasteiger partial charge in [0.1, 0.15) is 4.88 Å². The molecular weight excluding hydrogens is 270 g/mol. The van der Waals surface area contributed by atoms with Gasteiger partial charge >= 0.3 is 0 Å². The van der Waals surface area contributed by atoms with Crippen LogP contribution in [0.15, 0.2) is 24.3 Å². The molecule has 0 saturated carbocycles. The third kappa shape index (κ3) is 2.39. The molecule has 1 saturated heterocycles. The highest BCUT2D eigenvalue weighted by molar-refractivity contribution is 7.21. The second-order valence-corrected chi connectivity index (χ2v) is 6.34. The summed E-state index contributed by atoms with van der Waals surface area (Å²) in [6.07, 6.45) is 1.02. The van der Waals surface area contributed by atoms with Crippen LogP contribution in [-0.2, 0) is 0 Å². The van der Waals surface area contributed by atoms with Crippen molar-refractivity contribution in [1.29, 1.82) is 0 Å². The molecule has 0 spiro atoms. The molecule has 2 N–H and O–H groups in total. The van der Waals surface area contributed by atoms with Crippen LogP contribution < -0.4 is 5.73 Å².